The zero-order valence-corrected chi connectivity index (χ0v) is 17.5. The fourth-order valence-electron chi connectivity index (χ4n) is 3.44. The van der Waals surface area contributed by atoms with Crippen LogP contribution in [0.5, 0.6) is 11.5 Å². The van der Waals surface area contributed by atoms with E-state index < -0.39 is 0 Å². The Hall–Kier alpha value is -3.09. The molecule has 2 aromatic carbocycles. The normalized spacial score (nSPS) is 16.4. The fourth-order valence-corrected chi connectivity index (χ4v) is 3.44. The number of carbonyl (C=O) groups is 1. The van der Waals surface area contributed by atoms with E-state index in [4.69, 9.17) is 4.74 Å². The van der Waals surface area contributed by atoms with Gasteiger partial charge in [0.2, 0.25) is 5.91 Å². The summed E-state index contributed by atoms with van der Waals surface area (Å²) in [4.78, 5) is 17.9. The second-order valence-electron chi connectivity index (χ2n) is 7.25. The molecule has 1 unspecified atom stereocenters. The second-order valence-corrected chi connectivity index (χ2v) is 7.25. The molecule has 1 aliphatic heterocycles. The summed E-state index contributed by atoms with van der Waals surface area (Å²) in [5.41, 5.74) is 0.872. The average Bonchev–Trinajstić information content (AvgIpc) is 3.23. The van der Waals surface area contributed by atoms with E-state index in [0.717, 1.165) is 18.5 Å². The number of likely N-dealkylation sites (tertiary alicyclic amines) is 1. The van der Waals surface area contributed by atoms with Gasteiger partial charge in [-0.2, -0.15) is 0 Å². The molecule has 0 bridgehead atoms. The van der Waals surface area contributed by atoms with Crippen molar-refractivity contribution in [3.05, 3.63) is 59.9 Å². The largest absolute Gasteiger partial charge is 0.454 e. The third kappa shape index (κ3) is 5.95. The average molecular weight is 413 g/mol. The number of halogens is 1. The summed E-state index contributed by atoms with van der Waals surface area (Å²) in [6.45, 7) is 3.97. The number of amides is 1. The number of aliphatic imine (C=N–C) groups is 1. The fraction of sp³-hybridized carbons (Fsp3) is 0.391. The van der Waals surface area contributed by atoms with Crippen LogP contribution in [0.25, 0.3) is 0 Å². The molecule has 1 saturated heterocycles. The molecular formula is C23H29FN4O2. The molecule has 7 heteroatoms. The Morgan fingerprint density at radius 2 is 2.07 bits per heavy atom. The molecule has 0 aliphatic carbocycles. The lowest BCUT2D eigenvalue weighted by molar-refractivity contribution is -0.129. The van der Waals surface area contributed by atoms with Gasteiger partial charge in [0.1, 0.15) is 5.75 Å². The van der Waals surface area contributed by atoms with Crippen LogP contribution in [0.1, 0.15) is 25.3 Å². The number of nitrogens with one attached hydrogen (secondary N) is 2. The molecule has 160 valence electrons. The number of para-hydroxylation sites is 1. The molecule has 0 spiro atoms. The van der Waals surface area contributed by atoms with Gasteiger partial charge in [0, 0.05) is 39.1 Å². The number of nitrogens with zero attached hydrogens (tertiary/aromatic N) is 2. The first kappa shape index (κ1) is 21.6. The summed E-state index contributed by atoms with van der Waals surface area (Å²) in [7, 11) is 1.72. The van der Waals surface area contributed by atoms with Crippen molar-refractivity contribution in [3.63, 3.8) is 0 Å². The molecule has 1 atom stereocenters. The molecular weight excluding hydrogens is 383 g/mol. The van der Waals surface area contributed by atoms with Gasteiger partial charge in [-0.3, -0.25) is 9.79 Å². The third-order valence-electron chi connectivity index (χ3n) is 5.08. The molecule has 1 fully saturated rings. The van der Waals surface area contributed by atoms with E-state index in [1.807, 2.05) is 36.1 Å². The van der Waals surface area contributed by atoms with Crippen molar-refractivity contribution in [1.29, 1.82) is 0 Å². The van der Waals surface area contributed by atoms with Crippen LogP contribution >= 0.6 is 0 Å². The van der Waals surface area contributed by atoms with E-state index in [1.54, 1.807) is 25.2 Å². The predicted molar refractivity (Wildman–Crippen MR) is 116 cm³/mol. The number of guanidine groups is 1. The van der Waals surface area contributed by atoms with Gasteiger partial charge >= 0.3 is 0 Å². The molecule has 0 saturated carbocycles. The standard InChI is InChI=1S/C23H29FN4O2/c1-3-22(29)28-14-12-18(16-28)27-23(25-2)26-13-11-17-9-10-21(20(24)15-17)30-19-7-5-4-6-8-19/h4-10,15,18H,3,11-14,16H2,1-2H3,(H2,25,26,27). The lowest BCUT2D eigenvalue weighted by Gasteiger charge is -2.18. The summed E-state index contributed by atoms with van der Waals surface area (Å²) in [5, 5.41) is 6.62. The van der Waals surface area contributed by atoms with Gasteiger partial charge in [-0.15, -0.1) is 0 Å². The highest BCUT2D eigenvalue weighted by Crippen LogP contribution is 2.25. The molecule has 1 aliphatic rings. The molecule has 30 heavy (non-hydrogen) atoms. The Morgan fingerprint density at radius 3 is 2.77 bits per heavy atom. The van der Waals surface area contributed by atoms with Crippen LogP contribution in [0.3, 0.4) is 0 Å². The predicted octanol–water partition coefficient (Wildman–Crippen LogP) is 3.34. The number of carbonyl (C=O) groups excluding carboxylic acids is 1. The van der Waals surface area contributed by atoms with E-state index in [9.17, 15) is 9.18 Å². The van der Waals surface area contributed by atoms with Crippen molar-refractivity contribution in [2.75, 3.05) is 26.7 Å². The number of hydrogen-bond donors (Lipinski definition) is 2. The van der Waals surface area contributed by atoms with Crippen LogP contribution in [0.4, 0.5) is 4.39 Å². The lowest BCUT2D eigenvalue weighted by atomic mass is 10.1. The van der Waals surface area contributed by atoms with E-state index in [-0.39, 0.29) is 23.5 Å². The highest BCUT2D eigenvalue weighted by molar-refractivity contribution is 5.80. The van der Waals surface area contributed by atoms with Crippen molar-refractivity contribution in [3.8, 4) is 11.5 Å². The quantitative estimate of drug-likeness (QED) is 0.541. The summed E-state index contributed by atoms with van der Waals surface area (Å²) in [5.74, 6) is 1.30. The Bertz CT molecular complexity index is 873. The van der Waals surface area contributed by atoms with Gasteiger partial charge in [-0.05, 0) is 42.7 Å². The summed E-state index contributed by atoms with van der Waals surface area (Å²) in [6.07, 6.45) is 2.08. The first-order valence-electron chi connectivity index (χ1n) is 10.3. The zero-order chi connectivity index (χ0) is 21.3. The zero-order valence-electron chi connectivity index (χ0n) is 17.5. The van der Waals surface area contributed by atoms with E-state index in [2.05, 4.69) is 15.6 Å². The van der Waals surface area contributed by atoms with Crippen molar-refractivity contribution in [1.82, 2.24) is 15.5 Å². The summed E-state index contributed by atoms with van der Waals surface area (Å²) >= 11 is 0. The Balaban J connectivity index is 1.46. The van der Waals surface area contributed by atoms with Crippen molar-refractivity contribution in [2.24, 2.45) is 4.99 Å². The van der Waals surface area contributed by atoms with E-state index >= 15 is 0 Å². The first-order valence-corrected chi connectivity index (χ1v) is 10.3. The van der Waals surface area contributed by atoms with Crippen LogP contribution < -0.4 is 15.4 Å². The van der Waals surface area contributed by atoms with Gasteiger partial charge in [-0.1, -0.05) is 31.2 Å². The van der Waals surface area contributed by atoms with Crippen LogP contribution in [-0.2, 0) is 11.2 Å². The summed E-state index contributed by atoms with van der Waals surface area (Å²) in [6, 6.07) is 14.4. The second kappa shape index (κ2) is 10.6. The smallest absolute Gasteiger partial charge is 0.222 e. The van der Waals surface area contributed by atoms with Crippen LogP contribution in [0.2, 0.25) is 0 Å². The Morgan fingerprint density at radius 1 is 1.27 bits per heavy atom. The molecule has 2 N–H and O–H groups in total. The Kier molecular flexibility index (Phi) is 7.65. The highest BCUT2D eigenvalue weighted by atomic mass is 19.1. The molecule has 1 amide bonds. The van der Waals surface area contributed by atoms with Gasteiger partial charge in [0.25, 0.3) is 0 Å². The minimum atomic E-state index is -0.384. The lowest BCUT2D eigenvalue weighted by Crippen LogP contribution is -2.45. The van der Waals surface area contributed by atoms with Crippen LogP contribution in [0, 0.1) is 5.82 Å². The Labute approximate surface area is 177 Å². The SMILES string of the molecule is CCC(=O)N1CCC(NC(=NC)NCCc2ccc(Oc3ccccc3)c(F)c2)C1. The molecule has 2 aromatic rings. The highest BCUT2D eigenvalue weighted by Gasteiger charge is 2.25. The number of rotatable bonds is 7. The van der Waals surface area contributed by atoms with E-state index in [1.165, 1.54) is 6.07 Å². The molecule has 3 rings (SSSR count). The minimum Gasteiger partial charge on any atom is -0.454 e. The maximum atomic E-state index is 14.4. The van der Waals surface area contributed by atoms with E-state index in [0.29, 0.717) is 37.6 Å². The van der Waals surface area contributed by atoms with Crippen LogP contribution in [-0.4, -0.2) is 49.5 Å². The van der Waals surface area contributed by atoms with Crippen LogP contribution in [0.15, 0.2) is 53.5 Å². The topological polar surface area (TPSA) is 66.0 Å². The molecule has 0 radical (unpaired) electrons. The summed E-state index contributed by atoms with van der Waals surface area (Å²) < 4.78 is 20.0. The van der Waals surface area contributed by atoms with Gasteiger partial charge in [-0.25, -0.2) is 4.39 Å². The van der Waals surface area contributed by atoms with Gasteiger partial charge in [0.15, 0.2) is 17.5 Å². The van der Waals surface area contributed by atoms with Crippen molar-refractivity contribution < 1.29 is 13.9 Å². The van der Waals surface area contributed by atoms with Crippen molar-refractivity contribution in [2.45, 2.75) is 32.2 Å². The molecule has 1 heterocycles. The minimum absolute atomic E-state index is 0.184. The maximum Gasteiger partial charge on any atom is 0.222 e. The number of ether oxygens (including phenoxy) is 1. The maximum absolute atomic E-state index is 14.4. The monoisotopic (exact) mass is 412 g/mol. The van der Waals surface area contributed by atoms with Gasteiger partial charge < -0.3 is 20.3 Å². The van der Waals surface area contributed by atoms with Crippen molar-refractivity contribution >= 4 is 11.9 Å². The number of benzene rings is 2. The third-order valence-corrected chi connectivity index (χ3v) is 5.08. The number of hydrogen-bond acceptors (Lipinski definition) is 3. The van der Waals surface area contributed by atoms with Gasteiger partial charge in [0.05, 0.1) is 0 Å². The molecule has 0 aromatic heterocycles. The first-order chi connectivity index (χ1) is 14.6. The molecule has 6 nitrogen and oxygen atoms in total.